The summed E-state index contributed by atoms with van der Waals surface area (Å²) in [4.78, 5) is 31.5. The molecule has 0 radical (unpaired) electrons. The first kappa shape index (κ1) is 27.3. The first-order valence-corrected chi connectivity index (χ1v) is 12.5. The zero-order valence-corrected chi connectivity index (χ0v) is 22.1. The fraction of sp³-hybridized carbons (Fsp3) is 0.448. The van der Waals surface area contributed by atoms with Crippen LogP contribution >= 0.6 is 0 Å². The van der Waals surface area contributed by atoms with Crippen LogP contribution in [0.5, 0.6) is 11.5 Å². The van der Waals surface area contributed by atoms with Gasteiger partial charge in [-0.3, -0.25) is 9.59 Å². The van der Waals surface area contributed by atoms with Crippen molar-refractivity contribution in [3.63, 3.8) is 0 Å². The van der Waals surface area contributed by atoms with E-state index < -0.39 is 0 Å². The van der Waals surface area contributed by atoms with Crippen LogP contribution in [0.2, 0.25) is 0 Å². The van der Waals surface area contributed by atoms with Crippen LogP contribution in [0.25, 0.3) is 6.08 Å². The zero-order chi connectivity index (χ0) is 26.1. The van der Waals surface area contributed by atoms with E-state index in [1.165, 1.54) is 5.56 Å². The van der Waals surface area contributed by atoms with Gasteiger partial charge in [0.25, 0.3) is 0 Å². The van der Waals surface area contributed by atoms with Crippen LogP contribution < -0.4 is 9.47 Å². The molecule has 2 aromatic rings. The Morgan fingerprint density at radius 2 is 1.67 bits per heavy atom. The molecule has 1 aliphatic heterocycles. The van der Waals surface area contributed by atoms with Crippen molar-refractivity contribution >= 4 is 17.9 Å². The molecule has 1 unspecified atom stereocenters. The summed E-state index contributed by atoms with van der Waals surface area (Å²) in [5, 5.41) is 0. The number of ether oxygens (including phenoxy) is 2. The highest BCUT2D eigenvalue weighted by Gasteiger charge is 2.32. The van der Waals surface area contributed by atoms with Gasteiger partial charge in [0.1, 0.15) is 0 Å². The van der Waals surface area contributed by atoms with E-state index in [2.05, 4.69) is 12.1 Å². The van der Waals surface area contributed by atoms with Gasteiger partial charge in [0, 0.05) is 32.3 Å². The van der Waals surface area contributed by atoms with E-state index in [0.717, 1.165) is 24.8 Å². The molecule has 1 atom stereocenters. The largest absolute Gasteiger partial charge is 0.493 e. The minimum absolute atomic E-state index is 0.000108. The van der Waals surface area contributed by atoms with Crippen LogP contribution in [0.15, 0.2) is 54.6 Å². The van der Waals surface area contributed by atoms with Crippen LogP contribution in [0.1, 0.15) is 24.0 Å². The molecular formula is C29H39N3O4. The lowest BCUT2D eigenvalue weighted by atomic mass is 9.85. The highest BCUT2D eigenvalue weighted by molar-refractivity contribution is 5.92. The molecule has 1 fully saturated rings. The number of piperidine rings is 1. The quantitative estimate of drug-likeness (QED) is 0.474. The predicted octanol–water partition coefficient (Wildman–Crippen LogP) is 3.59. The van der Waals surface area contributed by atoms with E-state index in [0.29, 0.717) is 37.1 Å². The van der Waals surface area contributed by atoms with Crippen molar-refractivity contribution in [3.8, 4) is 11.5 Å². The number of likely N-dealkylation sites (tertiary alicyclic amines) is 1. The molecule has 1 heterocycles. The first-order chi connectivity index (χ1) is 17.3. The highest BCUT2D eigenvalue weighted by Crippen LogP contribution is 2.29. The Labute approximate surface area is 215 Å². The van der Waals surface area contributed by atoms with Crippen molar-refractivity contribution in [1.82, 2.24) is 14.7 Å². The van der Waals surface area contributed by atoms with E-state index in [4.69, 9.17) is 9.47 Å². The second-order valence-electron chi connectivity index (χ2n) is 9.61. The number of rotatable bonds is 10. The number of hydrogen-bond acceptors (Lipinski definition) is 5. The molecule has 7 heteroatoms. The molecule has 3 rings (SSSR count). The van der Waals surface area contributed by atoms with Crippen molar-refractivity contribution < 1.29 is 19.1 Å². The fourth-order valence-electron chi connectivity index (χ4n) is 4.78. The van der Waals surface area contributed by atoms with Crippen LogP contribution in [-0.2, 0) is 16.0 Å². The second kappa shape index (κ2) is 13.1. The normalized spacial score (nSPS) is 15.2. The van der Waals surface area contributed by atoms with Crippen LogP contribution in [0.4, 0.5) is 0 Å². The minimum atomic E-state index is -0.000108. The van der Waals surface area contributed by atoms with Gasteiger partial charge >= 0.3 is 0 Å². The maximum atomic E-state index is 12.9. The molecule has 1 aliphatic rings. The summed E-state index contributed by atoms with van der Waals surface area (Å²) in [6.45, 7) is 1.75. The van der Waals surface area contributed by atoms with Crippen molar-refractivity contribution in [2.24, 2.45) is 5.92 Å². The summed E-state index contributed by atoms with van der Waals surface area (Å²) in [5.74, 6) is 1.74. The number of benzene rings is 2. The maximum Gasteiger partial charge on any atom is 0.246 e. The number of nitrogens with zero attached hydrogens (tertiary/aromatic N) is 3. The van der Waals surface area contributed by atoms with E-state index >= 15 is 0 Å². The lowest BCUT2D eigenvalue weighted by Crippen LogP contribution is -2.50. The van der Waals surface area contributed by atoms with E-state index in [9.17, 15) is 9.59 Å². The second-order valence-corrected chi connectivity index (χ2v) is 9.61. The van der Waals surface area contributed by atoms with Crippen molar-refractivity contribution in [3.05, 3.63) is 65.7 Å². The lowest BCUT2D eigenvalue weighted by molar-refractivity contribution is -0.135. The Kier molecular flexibility index (Phi) is 9.94. The van der Waals surface area contributed by atoms with Gasteiger partial charge in [-0.05, 0) is 68.6 Å². The van der Waals surface area contributed by atoms with Gasteiger partial charge in [-0.1, -0.05) is 36.4 Å². The van der Waals surface area contributed by atoms with Gasteiger partial charge in [-0.2, -0.15) is 0 Å². The van der Waals surface area contributed by atoms with Crippen molar-refractivity contribution in [2.75, 3.05) is 55.0 Å². The van der Waals surface area contributed by atoms with Crippen LogP contribution in [0.3, 0.4) is 0 Å². The Morgan fingerprint density at radius 3 is 2.28 bits per heavy atom. The smallest absolute Gasteiger partial charge is 0.246 e. The molecule has 0 saturated carbocycles. The summed E-state index contributed by atoms with van der Waals surface area (Å²) in [6, 6.07) is 16.0. The molecule has 2 aromatic carbocycles. The average Bonchev–Trinajstić information content (AvgIpc) is 2.90. The average molecular weight is 494 g/mol. The molecule has 2 amide bonds. The summed E-state index contributed by atoms with van der Waals surface area (Å²) in [7, 11) is 8.94. The van der Waals surface area contributed by atoms with Crippen LogP contribution in [-0.4, -0.2) is 87.6 Å². The maximum absolute atomic E-state index is 12.9. The number of carbonyl (C=O) groups excluding carboxylic acids is 2. The van der Waals surface area contributed by atoms with Gasteiger partial charge < -0.3 is 24.2 Å². The van der Waals surface area contributed by atoms with Gasteiger partial charge in [-0.15, -0.1) is 0 Å². The molecule has 0 bridgehead atoms. The van der Waals surface area contributed by atoms with E-state index in [1.807, 2.05) is 78.3 Å². The Hall–Kier alpha value is -3.32. The standard InChI is InChI=1S/C29H39N3O4/c1-30(2)21-29(34)31(3)25(19-22-9-7-6-8-10-22)24-15-17-32(18-16-24)28(33)14-12-23-11-13-26(35-4)27(20-23)36-5/h6-14,20,24-25H,15-19,21H2,1-5H3/b14-12+. The Bertz CT molecular complexity index is 1030. The van der Waals surface area contributed by atoms with Crippen molar-refractivity contribution in [1.29, 1.82) is 0 Å². The van der Waals surface area contributed by atoms with Crippen molar-refractivity contribution in [2.45, 2.75) is 25.3 Å². The molecule has 0 aromatic heterocycles. The molecule has 194 valence electrons. The summed E-state index contributed by atoms with van der Waals surface area (Å²) in [5.41, 5.74) is 2.10. The van der Waals surface area contributed by atoms with Gasteiger partial charge in [0.2, 0.25) is 11.8 Å². The third-order valence-electron chi connectivity index (χ3n) is 6.85. The molecule has 0 aliphatic carbocycles. The SMILES string of the molecule is COc1ccc(/C=C/C(=O)N2CCC(C(Cc3ccccc3)N(C)C(=O)CN(C)C)CC2)cc1OC. The molecule has 36 heavy (non-hydrogen) atoms. The summed E-state index contributed by atoms with van der Waals surface area (Å²) >= 11 is 0. The van der Waals surface area contributed by atoms with Crippen LogP contribution in [0, 0.1) is 5.92 Å². The van der Waals surface area contributed by atoms with Gasteiger partial charge in [0.05, 0.1) is 20.8 Å². The minimum Gasteiger partial charge on any atom is -0.493 e. The van der Waals surface area contributed by atoms with Gasteiger partial charge in [-0.25, -0.2) is 0 Å². The molecule has 0 spiro atoms. The fourth-order valence-corrected chi connectivity index (χ4v) is 4.78. The Balaban J connectivity index is 1.64. The number of amides is 2. The topological polar surface area (TPSA) is 62.3 Å². The Morgan fingerprint density at radius 1 is 1.00 bits per heavy atom. The lowest BCUT2D eigenvalue weighted by Gasteiger charge is -2.40. The van der Waals surface area contributed by atoms with Gasteiger partial charge in [0.15, 0.2) is 11.5 Å². The zero-order valence-electron chi connectivity index (χ0n) is 22.1. The third-order valence-corrected chi connectivity index (χ3v) is 6.85. The molecule has 7 nitrogen and oxygen atoms in total. The predicted molar refractivity (Wildman–Crippen MR) is 143 cm³/mol. The third kappa shape index (κ3) is 7.34. The molecule has 1 saturated heterocycles. The first-order valence-electron chi connectivity index (χ1n) is 12.5. The summed E-state index contributed by atoms with van der Waals surface area (Å²) in [6.07, 6.45) is 5.98. The molecule has 0 N–H and O–H groups in total. The number of likely N-dealkylation sites (N-methyl/N-ethyl adjacent to an activating group) is 2. The summed E-state index contributed by atoms with van der Waals surface area (Å²) < 4.78 is 10.6. The van der Waals surface area contributed by atoms with E-state index in [1.54, 1.807) is 20.3 Å². The van der Waals surface area contributed by atoms with E-state index in [-0.39, 0.29) is 17.9 Å². The number of carbonyl (C=O) groups is 2. The molecular weight excluding hydrogens is 454 g/mol. The highest BCUT2D eigenvalue weighted by atomic mass is 16.5. The number of hydrogen-bond donors (Lipinski definition) is 0. The number of methoxy groups -OCH3 is 2. The monoisotopic (exact) mass is 493 g/mol.